The summed E-state index contributed by atoms with van der Waals surface area (Å²) in [7, 11) is -0.153. The van der Waals surface area contributed by atoms with Gasteiger partial charge >= 0.3 is 0 Å². The lowest BCUT2D eigenvalue weighted by Crippen LogP contribution is -2.31. The Hall–Kier alpha value is -2.49. The normalized spacial score (nSPS) is 12.7. The molecule has 2 aromatic rings. The molecule has 9 heteroatoms. The molecule has 0 fully saturated rings. The van der Waals surface area contributed by atoms with Crippen molar-refractivity contribution in [2.75, 3.05) is 39.0 Å². The Morgan fingerprint density at radius 3 is 2.41 bits per heavy atom. The summed E-state index contributed by atoms with van der Waals surface area (Å²) in [5.74, 6) is 0.187. The molecule has 2 rings (SSSR count). The molecule has 2 aromatic carbocycles. The molecule has 0 aliphatic carbocycles. The molecule has 0 saturated heterocycles. The monoisotopic (exact) mass is 420 g/mol. The van der Waals surface area contributed by atoms with Gasteiger partial charge in [-0.25, -0.2) is 13.1 Å². The predicted molar refractivity (Wildman–Crippen MR) is 115 cm³/mol. The van der Waals surface area contributed by atoms with Crippen LogP contribution in [0.25, 0.3) is 0 Å². The lowest BCUT2D eigenvalue weighted by atomic mass is 9.96. The zero-order valence-electron chi connectivity index (χ0n) is 17.0. The highest BCUT2D eigenvalue weighted by atomic mass is 32.2. The summed E-state index contributed by atoms with van der Waals surface area (Å²) in [4.78, 5) is 12.7. The van der Waals surface area contributed by atoms with E-state index in [1.807, 2.05) is 49.3 Å². The average molecular weight is 421 g/mol. The molecule has 0 aliphatic rings. The number of sulfonamides is 1. The van der Waals surface area contributed by atoms with Gasteiger partial charge in [0.15, 0.2) is 0 Å². The van der Waals surface area contributed by atoms with E-state index in [4.69, 9.17) is 0 Å². The van der Waals surface area contributed by atoms with Gasteiger partial charge in [0.1, 0.15) is 5.69 Å². The number of nitrogens with zero attached hydrogens (tertiary/aromatic N) is 2. The third kappa shape index (κ3) is 6.52. The number of rotatable bonds is 11. The van der Waals surface area contributed by atoms with Crippen LogP contribution in [0.15, 0.2) is 53.4 Å². The quantitative estimate of drug-likeness (QED) is 0.428. The molecule has 0 radical (unpaired) electrons. The predicted octanol–water partition coefficient (Wildman–Crippen LogP) is 3.04. The first-order valence-corrected chi connectivity index (χ1v) is 10.9. The van der Waals surface area contributed by atoms with Crippen LogP contribution in [0.4, 0.5) is 11.4 Å². The number of benzene rings is 2. The Morgan fingerprint density at radius 2 is 1.83 bits per heavy atom. The minimum absolute atomic E-state index is 0.122. The second-order valence-electron chi connectivity index (χ2n) is 7.03. The van der Waals surface area contributed by atoms with E-state index in [1.54, 1.807) is 0 Å². The van der Waals surface area contributed by atoms with Crippen molar-refractivity contribution in [1.82, 2.24) is 9.62 Å². The summed E-state index contributed by atoms with van der Waals surface area (Å²) in [5.41, 5.74) is 1.19. The first-order valence-electron chi connectivity index (χ1n) is 9.46. The Labute approximate surface area is 172 Å². The van der Waals surface area contributed by atoms with Gasteiger partial charge in [-0.15, -0.1) is 0 Å². The molecule has 8 nitrogen and oxygen atoms in total. The van der Waals surface area contributed by atoms with Gasteiger partial charge in [0, 0.05) is 31.6 Å². The second-order valence-corrected chi connectivity index (χ2v) is 8.80. The standard InChI is InChI=1S/C20H28N4O4S/c1-4-16(17-8-6-5-7-9-17)15-21-19-11-10-18(14-20(19)24(25)26)29(27,28)22-12-13-23(2)3/h5-11,14,16,21-22H,4,12-13,15H2,1-3H3. The van der Waals surface area contributed by atoms with E-state index in [0.29, 0.717) is 18.8 Å². The Morgan fingerprint density at radius 1 is 1.14 bits per heavy atom. The molecule has 0 heterocycles. The summed E-state index contributed by atoms with van der Waals surface area (Å²) in [6.07, 6.45) is 0.868. The molecular weight excluding hydrogens is 392 g/mol. The molecule has 158 valence electrons. The van der Waals surface area contributed by atoms with Gasteiger partial charge in [0.2, 0.25) is 10.0 Å². The van der Waals surface area contributed by atoms with Crippen LogP contribution in [-0.2, 0) is 10.0 Å². The molecule has 1 unspecified atom stereocenters. The molecule has 0 spiro atoms. The van der Waals surface area contributed by atoms with Crippen molar-refractivity contribution in [2.24, 2.45) is 0 Å². The van der Waals surface area contributed by atoms with E-state index in [-0.39, 0.29) is 23.0 Å². The topological polar surface area (TPSA) is 105 Å². The summed E-state index contributed by atoms with van der Waals surface area (Å²) in [5, 5.41) is 14.6. The van der Waals surface area contributed by atoms with Crippen LogP contribution in [0, 0.1) is 10.1 Å². The number of nitrogens with one attached hydrogen (secondary N) is 2. The third-order valence-electron chi connectivity index (χ3n) is 4.63. The van der Waals surface area contributed by atoms with E-state index in [9.17, 15) is 18.5 Å². The first-order chi connectivity index (χ1) is 13.7. The van der Waals surface area contributed by atoms with Crippen LogP contribution in [-0.4, -0.2) is 52.0 Å². The minimum Gasteiger partial charge on any atom is -0.379 e. The van der Waals surface area contributed by atoms with E-state index in [1.165, 1.54) is 12.1 Å². The van der Waals surface area contributed by atoms with E-state index in [0.717, 1.165) is 18.1 Å². The summed E-state index contributed by atoms with van der Waals surface area (Å²) >= 11 is 0. The van der Waals surface area contributed by atoms with Gasteiger partial charge in [0.25, 0.3) is 5.69 Å². The zero-order valence-corrected chi connectivity index (χ0v) is 17.8. The lowest BCUT2D eigenvalue weighted by Gasteiger charge is -2.17. The molecular formula is C20H28N4O4S. The maximum Gasteiger partial charge on any atom is 0.293 e. The Balaban J connectivity index is 2.18. The van der Waals surface area contributed by atoms with E-state index >= 15 is 0 Å². The summed E-state index contributed by atoms with van der Waals surface area (Å²) in [6, 6.07) is 13.9. The maximum atomic E-state index is 12.4. The van der Waals surface area contributed by atoms with Crippen molar-refractivity contribution in [2.45, 2.75) is 24.2 Å². The minimum atomic E-state index is -3.82. The van der Waals surface area contributed by atoms with Gasteiger partial charge in [-0.05, 0) is 38.2 Å². The lowest BCUT2D eigenvalue weighted by molar-refractivity contribution is -0.384. The van der Waals surface area contributed by atoms with Crippen LogP contribution in [0.2, 0.25) is 0 Å². The average Bonchev–Trinajstić information content (AvgIpc) is 2.68. The number of hydrogen-bond donors (Lipinski definition) is 2. The van der Waals surface area contributed by atoms with Crippen LogP contribution in [0.1, 0.15) is 24.8 Å². The highest BCUT2D eigenvalue weighted by molar-refractivity contribution is 7.89. The van der Waals surface area contributed by atoms with Crippen LogP contribution in [0.3, 0.4) is 0 Å². The summed E-state index contributed by atoms with van der Waals surface area (Å²) in [6.45, 7) is 3.31. The molecule has 1 atom stereocenters. The number of anilines is 1. The molecule has 0 aliphatic heterocycles. The fourth-order valence-corrected chi connectivity index (χ4v) is 3.96. The van der Waals surface area contributed by atoms with Gasteiger partial charge in [-0.2, -0.15) is 0 Å². The van der Waals surface area contributed by atoms with Crippen LogP contribution >= 0.6 is 0 Å². The molecule has 0 amide bonds. The van der Waals surface area contributed by atoms with Gasteiger partial charge in [-0.3, -0.25) is 10.1 Å². The van der Waals surface area contributed by atoms with Crippen molar-refractivity contribution in [3.63, 3.8) is 0 Å². The highest BCUT2D eigenvalue weighted by Crippen LogP contribution is 2.29. The van der Waals surface area contributed by atoms with Crippen molar-refractivity contribution < 1.29 is 13.3 Å². The highest BCUT2D eigenvalue weighted by Gasteiger charge is 2.22. The fraction of sp³-hybridized carbons (Fsp3) is 0.400. The molecule has 29 heavy (non-hydrogen) atoms. The van der Waals surface area contributed by atoms with Crippen LogP contribution < -0.4 is 10.0 Å². The summed E-state index contributed by atoms with van der Waals surface area (Å²) < 4.78 is 27.3. The smallest absolute Gasteiger partial charge is 0.293 e. The largest absolute Gasteiger partial charge is 0.379 e. The van der Waals surface area contributed by atoms with Crippen molar-refractivity contribution in [3.8, 4) is 0 Å². The first kappa shape index (κ1) is 22.8. The molecule has 0 saturated carbocycles. The van der Waals surface area contributed by atoms with E-state index < -0.39 is 14.9 Å². The number of likely N-dealkylation sites (N-methyl/N-ethyl adjacent to an activating group) is 1. The maximum absolute atomic E-state index is 12.4. The second kappa shape index (κ2) is 10.3. The van der Waals surface area contributed by atoms with E-state index in [2.05, 4.69) is 17.0 Å². The Bertz CT molecular complexity index is 917. The third-order valence-corrected chi connectivity index (χ3v) is 6.09. The SMILES string of the molecule is CCC(CNc1ccc(S(=O)(=O)NCCN(C)C)cc1[N+](=O)[O-])c1ccccc1. The molecule has 2 N–H and O–H groups in total. The number of hydrogen-bond acceptors (Lipinski definition) is 6. The fourth-order valence-electron chi connectivity index (χ4n) is 2.92. The van der Waals surface area contributed by atoms with Crippen molar-refractivity contribution in [1.29, 1.82) is 0 Å². The van der Waals surface area contributed by atoms with Crippen LogP contribution in [0.5, 0.6) is 0 Å². The molecule has 0 bridgehead atoms. The number of nitro benzene ring substituents is 1. The Kier molecular flexibility index (Phi) is 8.12. The van der Waals surface area contributed by atoms with Crippen molar-refractivity contribution >= 4 is 21.4 Å². The zero-order chi connectivity index (χ0) is 21.4. The molecule has 0 aromatic heterocycles. The number of nitro groups is 1. The van der Waals surface area contributed by atoms with Gasteiger partial charge in [-0.1, -0.05) is 37.3 Å². The van der Waals surface area contributed by atoms with Crippen molar-refractivity contribution in [3.05, 3.63) is 64.2 Å². The van der Waals surface area contributed by atoms with Gasteiger partial charge in [0.05, 0.1) is 9.82 Å². The van der Waals surface area contributed by atoms with Gasteiger partial charge < -0.3 is 10.2 Å².